The molecule has 8 nitrogen and oxygen atoms in total. The van der Waals surface area contributed by atoms with E-state index in [9.17, 15) is 20.1 Å². The second kappa shape index (κ2) is 12.0. The molecule has 0 saturated carbocycles. The van der Waals surface area contributed by atoms with Gasteiger partial charge in [-0.1, -0.05) is 47.1 Å². The molecule has 0 amide bonds. The van der Waals surface area contributed by atoms with Crippen LogP contribution in [0.4, 0.5) is 0 Å². The third kappa shape index (κ3) is 7.19. The Hall–Kier alpha value is -1.20. The van der Waals surface area contributed by atoms with Crippen LogP contribution < -0.4 is 0 Å². The minimum Gasteiger partial charge on any atom is -0.394 e. The Kier molecular flexibility index (Phi) is 10.0. The van der Waals surface area contributed by atoms with Gasteiger partial charge in [0.05, 0.1) is 35.5 Å². The molecule has 1 heterocycles. The highest BCUT2D eigenvalue weighted by atomic mass is 35.5. The number of hydrogen-bond donors (Lipinski definition) is 3. The molecule has 166 valence electrons. The van der Waals surface area contributed by atoms with E-state index in [-0.39, 0.29) is 18.0 Å². The van der Waals surface area contributed by atoms with E-state index in [1.807, 2.05) is 6.92 Å². The third-order valence-corrected chi connectivity index (χ3v) is 6.08. The number of ketones is 1. The van der Waals surface area contributed by atoms with Crippen molar-refractivity contribution >= 4 is 40.7 Å². The molecular formula is C19H25Cl2N3O5S. The number of carbonyl (C=O) groups excluding carboxylic acids is 1. The van der Waals surface area contributed by atoms with Gasteiger partial charge in [0.1, 0.15) is 23.3 Å². The summed E-state index contributed by atoms with van der Waals surface area (Å²) in [5, 5.41) is 38.6. The Morgan fingerprint density at radius 2 is 2.03 bits per heavy atom. The van der Waals surface area contributed by atoms with Gasteiger partial charge in [0.2, 0.25) is 0 Å². The van der Waals surface area contributed by atoms with Crippen LogP contribution in [0.2, 0.25) is 10.0 Å². The first-order chi connectivity index (χ1) is 14.2. The lowest BCUT2D eigenvalue weighted by Gasteiger charge is -2.28. The maximum atomic E-state index is 12.0. The highest BCUT2D eigenvalue weighted by molar-refractivity contribution is 7.99. The van der Waals surface area contributed by atoms with E-state index in [0.717, 1.165) is 11.8 Å². The topological polar surface area (TPSA) is 118 Å². The van der Waals surface area contributed by atoms with Gasteiger partial charge in [0, 0.05) is 11.3 Å². The van der Waals surface area contributed by atoms with Crippen molar-refractivity contribution in [1.82, 2.24) is 15.0 Å². The molecule has 1 aromatic carbocycles. The summed E-state index contributed by atoms with van der Waals surface area (Å²) in [6.07, 6.45) is -0.423. The number of aliphatic hydroxyl groups excluding tert-OH is 3. The molecule has 0 aliphatic heterocycles. The van der Waals surface area contributed by atoms with Crippen molar-refractivity contribution in [2.45, 2.75) is 61.9 Å². The summed E-state index contributed by atoms with van der Waals surface area (Å²) in [5.74, 6) is -0.120. The Bertz CT molecular complexity index is 836. The summed E-state index contributed by atoms with van der Waals surface area (Å²) < 4.78 is 7.13. The van der Waals surface area contributed by atoms with E-state index in [4.69, 9.17) is 27.9 Å². The number of thioether (sulfide) groups is 1. The van der Waals surface area contributed by atoms with E-state index in [1.54, 1.807) is 18.2 Å². The monoisotopic (exact) mass is 477 g/mol. The van der Waals surface area contributed by atoms with Gasteiger partial charge in [-0.25, -0.2) is 4.68 Å². The minimum absolute atomic E-state index is 0.0106. The number of nitrogens with zero attached hydrogens (tertiary/aromatic N) is 3. The highest BCUT2D eigenvalue weighted by Crippen LogP contribution is 2.33. The summed E-state index contributed by atoms with van der Waals surface area (Å²) in [5.41, 5.74) is -0.649. The minimum atomic E-state index is -1.10. The van der Waals surface area contributed by atoms with Crippen molar-refractivity contribution in [2.75, 3.05) is 6.61 Å². The number of Topliss-reactive ketones (excluding diaryl/α,β-unsaturated/α-hetero) is 1. The average Bonchev–Trinajstić information content (AvgIpc) is 3.16. The van der Waals surface area contributed by atoms with Crippen LogP contribution in [-0.4, -0.2) is 66.5 Å². The van der Waals surface area contributed by atoms with Gasteiger partial charge in [-0.3, -0.25) is 4.79 Å². The number of rotatable bonds is 12. The zero-order valence-electron chi connectivity index (χ0n) is 16.6. The Morgan fingerprint density at radius 1 is 1.30 bits per heavy atom. The van der Waals surface area contributed by atoms with Crippen molar-refractivity contribution < 1.29 is 24.9 Å². The number of carbonyl (C=O) groups is 1. The molecule has 4 atom stereocenters. The first kappa shape index (κ1) is 25.1. The molecule has 2 rings (SSSR count). The smallest absolute Gasteiger partial charge is 0.184 e. The third-order valence-electron chi connectivity index (χ3n) is 4.16. The average molecular weight is 478 g/mol. The number of halogens is 2. The number of ether oxygens (including phenoxy) is 1. The van der Waals surface area contributed by atoms with Crippen LogP contribution in [-0.2, 0) is 11.3 Å². The standard InChI is InChI=1S/C19H25Cl2N3O5S/c1-3-4-16(27)15-8-24(23-22-15)9-17(28)19(29-18(10-25)11(2)26)30-12-5-6-13(20)14(21)7-12/h5-8,11,17-19,25-26,28H,3-4,9-10H2,1-2H3/t11-,17+,18?,19?/m1/s1. The van der Waals surface area contributed by atoms with E-state index in [0.29, 0.717) is 27.8 Å². The lowest BCUT2D eigenvalue weighted by molar-refractivity contribution is -0.0972. The largest absolute Gasteiger partial charge is 0.394 e. The second-order valence-electron chi connectivity index (χ2n) is 6.73. The molecule has 2 aromatic rings. The van der Waals surface area contributed by atoms with E-state index >= 15 is 0 Å². The predicted molar refractivity (Wildman–Crippen MR) is 115 cm³/mol. The van der Waals surface area contributed by atoms with Crippen molar-refractivity contribution in [3.63, 3.8) is 0 Å². The van der Waals surface area contributed by atoms with Crippen LogP contribution in [0.3, 0.4) is 0 Å². The molecule has 11 heteroatoms. The fourth-order valence-electron chi connectivity index (χ4n) is 2.51. The van der Waals surface area contributed by atoms with E-state index in [2.05, 4.69) is 10.3 Å². The van der Waals surface area contributed by atoms with Crippen molar-refractivity contribution in [2.24, 2.45) is 0 Å². The predicted octanol–water partition coefficient (Wildman–Crippen LogP) is 2.81. The number of aromatic nitrogens is 3. The summed E-state index contributed by atoms with van der Waals surface area (Å²) >= 11 is 13.2. The van der Waals surface area contributed by atoms with Gasteiger partial charge in [-0.2, -0.15) is 0 Å². The SMILES string of the molecule is CCCC(=O)c1cn(C[C@H](O)C(OC(CO)[C@@H](C)O)Sc2ccc(Cl)c(Cl)c2)nn1. The van der Waals surface area contributed by atoms with E-state index in [1.165, 1.54) is 17.8 Å². The fraction of sp³-hybridized carbons (Fsp3) is 0.526. The van der Waals surface area contributed by atoms with Gasteiger partial charge >= 0.3 is 0 Å². The van der Waals surface area contributed by atoms with Crippen LogP contribution in [0.15, 0.2) is 29.3 Å². The quantitative estimate of drug-likeness (QED) is 0.242. The summed E-state index contributed by atoms with van der Waals surface area (Å²) in [4.78, 5) is 12.6. The number of hydrogen-bond acceptors (Lipinski definition) is 8. The van der Waals surface area contributed by atoms with Crippen LogP contribution in [0.25, 0.3) is 0 Å². The molecule has 0 radical (unpaired) electrons. The maximum absolute atomic E-state index is 12.0. The second-order valence-corrected chi connectivity index (χ2v) is 8.71. The van der Waals surface area contributed by atoms with Gasteiger partial charge in [-0.15, -0.1) is 5.10 Å². The van der Waals surface area contributed by atoms with Crippen molar-refractivity contribution in [3.05, 3.63) is 40.1 Å². The molecule has 0 bridgehead atoms. The molecule has 30 heavy (non-hydrogen) atoms. The molecule has 0 spiro atoms. The van der Waals surface area contributed by atoms with E-state index < -0.39 is 30.4 Å². The van der Waals surface area contributed by atoms with Gasteiger partial charge < -0.3 is 20.1 Å². The first-order valence-electron chi connectivity index (χ1n) is 9.42. The molecular weight excluding hydrogens is 453 g/mol. The lowest BCUT2D eigenvalue weighted by atomic mass is 10.2. The molecule has 0 aliphatic rings. The van der Waals surface area contributed by atoms with Crippen LogP contribution in [0.1, 0.15) is 37.2 Å². The zero-order valence-corrected chi connectivity index (χ0v) is 18.9. The molecule has 0 saturated heterocycles. The molecule has 1 aromatic heterocycles. The summed E-state index contributed by atoms with van der Waals surface area (Å²) in [6.45, 7) is 2.94. The van der Waals surface area contributed by atoms with Crippen molar-refractivity contribution in [3.8, 4) is 0 Å². The van der Waals surface area contributed by atoms with Crippen LogP contribution in [0.5, 0.6) is 0 Å². The fourth-order valence-corrected chi connectivity index (χ4v) is 3.92. The molecule has 3 N–H and O–H groups in total. The summed E-state index contributed by atoms with van der Waals surface area (Å²) in [6, 6.07) is 4.97. The number of benzene rings is 1. The van der Waals surface area contributed by atoms with Crippen molar-refractivity contribution in [1.29, 1.82) is 0 Å². The van der Waals surface area contributed by atoms with Crippen LogP contribution in [0, 0.1) is 0 Å². The Balaban J connectivity index is 2.17. The molecule has 0 aliphatic carbocycles. The molecule has 0 fully saturated rings. The normalized spacial score (nSPS) is 15.6. The van der Waals surface area contributed by atoms with Gasteiger partial charge in [0.25, 0.3) is 0 Å². The zero-order chi connectivity index (χ0) is 22.3. The summed E-state index contributed by atoms with van der Waals surface area (Å²) in [7, 11) is 0. The molecule has 2 unspecified atom stereocenters. The van der Waals surface area contributed by atoms with Gasteiger partial charge in [-0.05, 0) is 31.5 Å². The van der Waals surface area contributed by atoms with Crippen LogP contribution >= 0.6 is 35.0 Å². The van der Waals surface area contributed by atoms with Gasteiger partial charge in [0.15, 0.2) is 5.78 Å². The highest BCUT2D eigenvalue weighted by Gasteiger charge is 2.28. The number of aliphatic hydroxyl groups is 3. The maximum Gasteiger partial charge on any atom is 0.184 e. The first-order valence-corrected chi connectivity index (χ1v) is 11.1. The Labute approximate surface area is 189 Å². The lowest BCUT2D eigenvalue weighted by Crippen LogP contribution is -2.39. The Morgan fingerprint density at radius 3 is 2.63 bits per heavy atom.